The molecule has 0 saturated carbocycles. The Morgan fingerprint density at radius 2 is 1.90 bits per heavy atom. The van der Waals surface area contributed by atoms with Gasteiger partial charge in [-0.15, -0.1) is 0 Å². The number of aromatic nitrogens is 4. The number of anilines is 2. The molecular formula is C22H26N6O2. The molecule has 156 valence electrons. The Kier molecular flexibility index (Phi) is 5.76. The van der Waals surface area contributed by atoms with E-state index >= 15 is 0 Å². The number of hydrogen-bond acceptors (Lipinski definition) is 7. The summed E-state index contributed by atoms with van der Waals surface area (Å²) in [5, 5.41) is 7.79. The Morgan fingerprint density at radius 3 is 2.60 bits per heavy atom. The van der Waals surface area contributed by atoms with Gasteiger partial charge in [0.15, 0.2) is 0 Å². The summed E-state index contributed by atoms with van der Waals surface area (Å²) in [7, 11) is 3.53. The Balaban J connectivity index is 1.50. The van der Waals surface area contributed by atoms with Gasteiger partial charge in [-0.25, -0.2) is 14.8 Å². The van der Waals surface area contributed by atoms with E-state index in [4.69, 9.17) is 4.74 Å². The Labute approximate surface area is 175 Å². The zero-order valence-corrected chi connectivity index (χ0v) is 17.5. The molecule has 1 aromatic carbocycles. The van der Waals surface area contributed by atoms with E-state index in [0.717, 1.165) is 48.4 Å². The lowest BCUT2D eigenvalue weighted by molar-refractivity contribution is 0.0601. The standard InChI is InChI=1S/C22H26N6O2/c1-15-12-23-22(26-20(15)16-4-6-17(7-5-16)21(29)30-3)25-18-13-24-28(14-18)19-8-10-27(2)11-9-19/h4-7,12-14,19H,8-11H2,1-3H3,(H,23,25,26). The zero-order valence-electron chi connectivity index (χ0n) is 17.5. The van der Waals surface area contributed by atoms with E-state index in [9.17, 15) is 4.79 Å². The van der Waals surface area contributed by atoms with Crippen LogP contribution in [0.2, 0.25) is 0 Å². The predicted molar refractivity (Wildman–Crippen MR) is 115 cm³/mol. The number of piperidine rings is 1. The fraction of sp³-hybridized carbons (Fsp3) is 0.364. The van der Waals surface area contributed by atoms with Gasteiger partial charge in [0.25, 0.3) is 0 Å². The molecule has 1 aliphatic heterocycles. The molecule has 0 aliphatic carbocycles. The number of rotatable bonds is 5. The third-order valence-electron chi connectivity index (χ3n) is 5.47. The van der Waals surface area contributed by atoms with Crippen LogP contribution in [0.5, 0.6) is 0 Å². The van der Waals surface area contributed by atoms with Crippen LogP contribution in [0.25, 0.3) is 11.3 Å². The fourth-order valence-corrected chi connectivity index (χ4v) is 3.67. The van der Waals surface area contributed by atoms with Crippen LogP contribution < -0.4 is 5.32 Å². The van der Waals surface area contributed by atoms with Gasteiger partial charge >= 0.3 is 5.97 Å². The highest BCUT2D eigenvalue weighted by Gasteiger charge is 2.19. The highest BCUT2D eigenvalue weighted by atomic mass is 16.5. The first-order valence-electron chi connectivity index (χ1n) is 10.1. The second-order valence-electron chi connectivity index (χ2n) is 7.66. The molecule has 1 fully saturated rings. The number of nitrogens with zero attached hydrogens (tertiary/aromatic N) is 5. The van der Waals surface area contributed by atoms with Crippen LogP contribution in [0.3, 0.4) is 0 Å². The first kappa shape index (κ1) is 20.0. The van der Waals surface area contributed by atoms with Gasteiger partial charge in [0.05, 0.1) is 36.3 Å². The molecule has 0 atom stereocenters. The summed E-state index contributed by atoms with van der Waals surface area (Å²) in [4.78, 5) is 23.1. The maximum absolute atomic E-state index is 11.6. The monoisotopic (exact) mass is 406 g/mol. The van der Waals surface area contributed by atoms with Crippen LogP contribution in [0.4, 0.5) is 11.6 Å². The van der Waals surface area contributed by atoms with Crippen molar-refractivity contribution in [1.29, 1.82) is 0 Å². The number of aryl methyl sites for hydroxylation is 1. The Hall–Kier alpha value is -3.26. The quantitative estimate of drug-likeness (QED) is 0.650. The molecule has 8 heteroatoms. The van der Waals surface area contributed by atoms with Crippen molar-refractivity contribution >= 4 is 17.6 Å². The molecule has 0 amide bonds. The van der Waals surface area contributed by atoms with E-state index in [2.05, 4.69) is 32.3 Å². The van der Waals surface area contributed by atoms with Crippen molar-refractivity contribution in [2.75, 3.05) is 32.6 Å². The van der Waals surface area contributed by atoms with Crippen molar-refractivity contribution in [3.63, 3.8) is 0 Å². The SMILES string of the molecule is COC(=O)c1ccc(-c2nc(Nc3cnn(C4CCN(C)CC4)c3)ncc2C)cc1. The van der Waals surface area contributed by atoms with Gasteiger partial charge in [0, 0.05) is 18.0 Å². The van der Waals surface area contributed by atoms with Crippen LogP contribution >= 0.6 is 0 Å². The van der Waals surface area contributed by atoms with Crippen LogP contribution in [0, 0.1) is 6.92 Å². The molecule has 0 radical (unpaired) electrons. The lowest BCUT2D eigenvalue weighted by Crippen LogP contribution is -2.31. The molecule has 3 aromatic rings. The number of hydrogen-bond donors (Lipinski definition) is 1. The number of ether oxygens (including phenoxy) is 1. The van der Waals surface area contributed by atoms with Crippen LogP contribution in [0.15, 0.2) is 42.9 Å². The molecular weight excluding hydrogens is 380 g/mol. The van der Waals surface area contributed by atoms with E-state index in [1.807, 2.05) is 36.1 Å². The average Bonchev–Trinajstić information content (AvgIpc) is 3.23. The topological polar surface area (TPSA) is 85.2 Å². The Bertz CT molecular complexity index is 1020. The van der Waals surface area contributed by atoms with Gasteiger partial charge in [-0.3, -0.25) is 4.68 Å². The number of esters is 1. The molecule has 0 unspecified atom stereocenters. The van der Waals surface area contributed by atoms with E-state index in [-0.39, 0.29) is 5.97 Å². The summed E-state index contributed by atoms with van der Waals surface area (Å²) < 4.78 is 6.79. The molecule has 8 nitrogen and oxygen atoms in total. The number of benzene rings is 1. The number of carbonyl (C=O) groups is 1. The minimum Gasteiger partial charge on any atom is -0.465 e. The average molecular weight is 406 g/mol. The normalized spacial score (nSPS) is 15.2. The summed E-state index contributed by atoms with van der Waals surface area (Å²) in [5.74, 6) is 0.153. The number of nitrogens with one attached hydrogen (secondary N) is 1. The maximum atomic E-state index is 11.6. The lowest BCUT2D eigenvalue weighted by Gasteiger charge is -2.28. The molecule has 2 aromatic heterocycles. The third kappa shape index (κ3) is 4.33. The van der Waals surface area contributed by atoms with Crippen molar-refractivity contribution in [2.24, 2.45) is 0 Å². The van der Waals surface area contributed by atoms with Crippen molar-refractivity contribution in [3.8, 4) is 11.3 Å². The molecule has 0 bridgehead atoms. The minimum atomic E-state index is -0.357. The first-order valence-corrected chi connectivity index (χ1v) is 10.1. The van der Waals surface area contributed by atoms with Crippen molar-refractivity contribution in [3.05, 3.63) is 54.0 Å². The lowest BCUT2D eigenvalue weighted by atomic mass is 10.1. The predicted octanol–water partition coefficient (Wildman–Crippen LogP) is 3.45. The molecule has 1 aliphatic rings. The molecule has 0 spiro atoms. The minimum absolute atomic E-state index is 0.357. The number of methoxy groups -OCH3 is 1. The smallest absolute Gasteiger partial charge is 0.337 e. The fourth-order valence-electron chi connectivity index (χ4n) is 3.67. The summed E-state index contributed by atoms with van der Waals surface area (Å²) >= 11 is 0. The largest absolute Gasteiger partial charge is 0.465 e. The zero-order chi connectivity index (χ0) is 21.1. The van der Waals surface area contributed by atoms with Gasteiger partial charge in [0.2, 0.25) is 5.95 Å². The second-order valence-corrected chi connectivity index (χ2v) is 7.66. The second kappa shape index (κ2) is 8.62. The molecule has 1 saturated heterocycles. The molecule has 3 heterocycles. The van der Waals surface area contributed by atoms with Gasteiger partial charge in [-0.1, -0.05) is 12.1 Å². The summed E-state index contributed by atoms with van der Waals surface area (Å²) in [6.07, 6.45) is 7.82. The van der Waals surface area contributed by atoms with Crippen molar-refractivity contribution in [2.45, 2.75) is 25.8 Å². The number of carbonyl (C=O) groups excluding carboxylic acids is 1. The summed E-state index contributed by atoms with van der Waals surface area (Å²) in [6.45, 7) is 4.14. The Morgan fingerprint density at radius 1 is 1.17 bits per heavy atom. The molecule has 30 heavy (non-hydrogen) atoms. The van der Waals surface area contributed by atoms with Gasteiger partial charge in [0.1, 0.15) is 0 Å². The van der Waals surface area contributed by atoms with E-state index < -0.39 is 0 Å². The molecule has 4 rings (SSSR count). The highest BCUT2D eigenvalue weighted by molar-refractivity contribution is 5.89. The van der Waals surface area contributed by atoms with Crippen LogP contribution in [-0.2, 0) is 4.74 Å². The van der Waals surface area contributed by atoms with Gasteiger partial charge in [-0.05, 0) is 57.6 Å². The van der Waals surface area contributed by atoms with Gasteiger partial charge in [-0.2, -0.15) is 5.10 Å². The molecule has 1 N–H and O–H groups in total. The maximum Gasteiger partial charge on any atom is 0.337 e. The third-order valence-corrected chi connectivity index (χ3v) is 5.47. The van der Waals surface area contributed by atoms with Crippen molar-refractivity contribution < 1.29 is 9.53 Å². The first-order chi connectivity index (χ1) is 14.5. The number of likely N-dealkylation sites (tertiary alicyclic amines) is 1. The highest BCUT2D eigenvalue weighted by Crippen LogP contribution is 2.25. The van der Waals surface area contributed by atoms with Crippen molar-refractivity contribution in [1.82, 2.24) is 24.6 Å². The van der Waals surface area contributed by atoms with E-state index in [0.29, 0.717) is 17.6 Å². The van der Waals surface area contributed by atoms with Gasteiger partial charge < -0.3 is 15.0 Å². The summed E-state index contributed by atoms with van der Waals surface area (Å²) in [6, 6.07) is 7.63. The van der Waals surface area contributed by atoms with Crippen LogP contribution in [-0.4, -0.2) is 57.9 Å². The van der Waals surface area contributed by atoms with E-state index in [1.54, 1.807) is 18.3 Å². The van der Waals surface area contributed by atoms with E-state index in [1.165, 1.54) is 7.11 Å². The van der Waals surface area contributed by atoms with Crippen LogP contribution in [0.1, 0.15) is 34.8 Å². The summed E-state index contributed by atoms with van der Waals surface area (Å²) in [5.41, 5.74) is 4.05.